The molecular weight excluding hydrogens is 439 g/mol. The fourth-order valence-corrected chi connectivity index (χ4v) is 3.76. The molecule has 31 heavy (non-hydrogen) atoms. The molecule has 0 bridgehead atoms. The van der Waals surface area contributed by atoms with E-state index >= 15 is 0 Å². The molecule has 0 fully saturated rings. The highest BCUT2D eigenvalue weighted by atomic mass is 32.2. The van der Waals surface area contributed by atoms with E-state index in [1.807, 2.05) is 11.6 Å². The number of hydrogen-bond acceptors (Lipinski definition) is 6. The second-order valence-corrected chi connectivity index (χ2v) is 8.37. The lowest BCUT2D eigenvalue weighted by Gasteiger charge is -2.11. The summed E-state index contributed by atoms with van der Waals surface area (Å²) in [7, 11) is -4.38. The fourth-order valence-electron chi connectivity index (χ4n) is 2.74. The summed E-state index contributed by atoms with van der Waals surface area (Å²) in [5.74, 6) is -0.982. The molecule has 164 valence electrons. The van der Waals surface area contributed by atoms with Gasteiger partial charge in [-0.05, 0) is 36.8 Å². The SMILES string of the molecule is Cc1ccc2c(COC(=O)CNS(=O)(=O)c3cccc(C(F)(F)F)c3)cc(=O)oc2c1. The lowest BCUT2D eigenvalue weighted by atomic mass is 10.1. The summed E-state index contributed by atoms with van der Waals surface area (Å²) in [6, 6.07) is 9.37. The second-order valence-electron chi connectivity index (χ2n) is 6.60. The summed E-state index contributed by atoms with van der Waals surface area (Å²) < 4.78 is 74.7. The summed E-state index contributed by atoms with van der Waals surface area (Å²) in [5.41, 5.74) is -0.254. The zero-order valence-corrected chi connectivity index (χ0v) is 16.8. The molecule has 0 saturated carbocycles. The van der Waals surface area contributed by atoms with E-state index in [0.717, 1.165) is 29.8 Å². The first-order chi connectivity index (χ1) is 14.5. The first kappa shape index (κ1) is 22.5. The molecule has 0 aliphatic heterocycles. The van der Waals surface area contributed by atoms with Crippen molar-refractivity contribution in [2.24, 2.45) is 0 Å². The number of hydrogen-bond donors (Lipinski definition) is 1. The summed E-state index contributed by atoms with van der Waals surface area (Å²) in [6.45, 7) is 0.676. The van der Waals surface area contributed by atoms with Gasteiger partial charge < -0.3 is 9.15 Å². The lowest BCUT2D eigenvalue weighted by molar-refractivity contribution is -0.143. The Bertz CT molecular complexity index is 1300. The third-order valence-electron chi connectivity index (χ3n) is 4.25. The Kier molecular flexibility index (Phi) is 6.18. The van der Waals surface area contributed by atoms with E-state index in [-0.39, 0.29) is 6.61 Å². The van der Waals surface area contributed by atoms with E-state index < -0.39 is 44.8 Å². The molecule has 3 aromatic rings. The van der Waals surface area contributed by atoms with Crippen molar-refractivity contribution in [3.05, 3.63) is 75.6 Å². The van der Waals surface area contributed by atoms with Crippen LogP contribution in [0.3, 0.4) is 0 Å². The number of fused-ring (bicyclic) bond motifs is 1. The van der Waals surface area contributed by atoms with Crippen molar-refractivity contribution in [1.29, 1.82) is 0 Å². The largest absolute Gasteiger partial charge is 0.460 e. The molecule has 0 radical (unpaired) electrons. The van der Waals surface area contributed by atoms with Gasteiger partial charge in [-0.3, -0.25) is 4.79 Å². The summed E-state index contributed by atoms with van der Waals surface area (Å²) >= 11 is 0. The highest BCUT2D eigenvalue weighted by molar-refractivity contribution is 7.89. The van der Waals surface area contributed by atoms with Crippen molar-refractivity contribution < 1.29 is 35.5 Å². The van der Waals surface area contributed by atoms with Gasteiger partial charge >= 0.3 is 17.8 Å². The van der Waals surface area contributed by atoms with E-state index in [4.69, 9.17) is 9.15 Å². The quantitative estimate of drug-likeness (QED) is 0.453. The third-order valence-corrected chi connectivity index (χ3v) is 5.65. The zero-order valence-electron chi connectivity index (χ0n) is 16.0. The van der Waals surface area contributed by atoms with Crippen LogP contribution in [0.1, 0.15) is 16.7 Å². The Morgan fingerprint density at radius 1 is 1.13 bits per heavy atom. The number of rotatable bonds is 6. The summed E-state index contributed by atoms with van der Waals surface area (Å²) in [5, 5.41) is 0.544. The number of carbonyl (C=O) groups excluding carboxylic acids is 1. The number of benzene rings is 2. The highest BCUT2D eigenvalue weighted by Crippen LogP contribution is 2.30. The molecule has 7 nitrogen and oxygen atoms in total. The monoisotopic (exact) mass is 455 g/mol. The smallest absolute Gasteiger partial charge is 0.416 e. The number of sulfonamides is 1. The lowest BCUT2D eigenvalue weighted by Crippen LogP contribution is -2.31. The van der Waals surface area contributed by atoms with Crippen LogP contribution in [0.5, 0.6) is 0 Å². The van der Waals surface area contributed by atoms with E-state index in [1.54, 1.807) is 18.2 Å². The van der Waals surface area contributed by atoms with Crippen LogP contribution >= 0.6 is 0 Å². The first-order valence-electron chi connectivity index (χ1n) is 8.82. The Labute approximate surface area is 174 Å². The molecule has 0 atom stereocenters. The maximum Gasteiger partial charge on any atom is 0.416 e. The molecule has 1 aromatic heterocycles. The van der Waals surface area contributed by atoms with Crippen molar-refractivity contribution in [3.8, 4) is 0 Å². The van der Waals surface area contributed by atoms with Crippen molar-refractivity contribution >= 4 is 27.0 Å². The standard InChI is InChI=1S/C20H16F3NO6S/c1-12-5-6-16-13(8-18(25)30-17(16)7-12)11-29-19(26)10-24-31(27,28)15-4-2-3-14(9-15)20(21,22)23/h2-9,24H,10-11H2,1H3. The van der Waals surface area contributed by atoms with Crippen LogP contribution in [0.25, 0.3) is 11.0 Å². The van der Waals surface area contributed by atoms with Crippen molar-refractivity contribution in [2.45, 2.75) is 24.6 Å². The van der Waals surface area contributed by atoms with Crippen LogP contribution in [-0.2, 0) is 32.3 Å². The molecule has 0 saturated heterocycles. The third kappa shape index (κ3) is 5.50. The number of carbonyl (C=O) groups is 1. The number of ether oxygens (including phenoxy) is 1. The van der Waals surface area contributed by atoms with Crippen molar-refractivity contribution in [3.63, 3.8) is 0 Å². The highest BCUT2D eigenvalue weighted by Gasteiger charge is 2.31. The number of aryl methyl sites for hydroxylation is 1. The maximum absolute atomic E-state index is 12.8. The molecule has 0 aliphatic rings. The fraction of sp³-hybridized carbons (Fsp3) is 0.200. The summed E-state index contributed by atoms with van der Waals surface area (Å²) in [4.78, 5) is 23.0. The molecule has 0 amide bonds. The molecular formula is C20H16F3NO6S. The molecule has 11 heteroatoms. The van der Waals surface area contributed by atoms with Gasteiger partial charge in [0, 0.05) is 17.0 Å². The van der Waals surface area contributed by atoms with Crippen LogP contribution in [0.2, 0.25) is 0 Å². The van der Waals surface area contributed by atoms with Gasteiger partial charge in [-0.15, -0.1) is 0 Å². The predicted molar refractivity (Wildman–Crippen MR) is 104 cm³/mol. The molecule has 1 N–H and O–H groups in total. The summed E-state index contributed by atoms with van der Waals surface area (Å²) in [6.07, 6.45) is -4.71. The Morgan fingerprint density at radius 3 is 2.58 bits per heavy atom. The van der Waals surface area contributed by atoms with Gasteiger partial charge in [0.15, 0.2) is 0 Å². The van der Waals surface area contributed by atoms with Crippen LogP contribution in [-0.4, -0.2) is 20.9 Å². The number of nitrogens with one attached hydrogen (secondary N) is 1. The molecule has 3 rings (SSSR count). The topological polar surface area (TPSA) is 103 Å². The van der Waals surface area contributed by atoms with Crippen LogP contribution in [0.4, 0.5) is 13.2 Å². The minimum atomic E-state index is -4.71. The number of esters is 1. The van der Waals surface area contributed by atoms with Crippen molar-refractivity contribution in [2.75, 3.05) is 6.54 Å². The minimum absolute atomic E-state index is 0.309. The normalized spacial score (nSPS) is 12.1. The Morgan fingerprint density at radius 2 is 1.87 bits per heavy atom. The predicted octanol–water partition coefficient (Wildman–Crippen LogP) is 3.14. The molecule has 2 aromatic carbocycles. The maximum atomic E-state index is 12.8. The Hall–Kier alpha value is -3.18. The zero-order chi connectivity index (χ0) is 22.8. The first-order valence-corrected chi connectivity index (χ1v) is 10.3. The molecule has 0 spiro atoms. The van der Waals surface area contributed by atoms with E-state index in [0.29, 0.717) is 22.6 Å². The second kappa shape index (κ2) is 8.52. The van der Waals surface area contributed by atoms with Crippen LogP contribution < -0.4 is 10.3 Å². The van der Waals surface area contributed by atoms with Gasteiger partial charge in [-0.25, -0.2) is 13.2 Å². The van der Waals surface area contributed by atoms with Gasteiger partial charge in [-0.2, -0.15) is 17.9 Å². The minimum Gasteiger partial charge on any atom is -0.460 e. The molecule has 0 unspecified atom stereocenters. The Balaban J connectivity index is 1.67. The van der Waals surface area contributed by atoms with Gasteiger partial charge in [0.2, 0.25) is 10.0 Å². The molecule has 1 heterocycles. The number of alkyl halides is 3. The van der Waals surface area contributed by atoms with Crippen molar-refractivity contribution in [1.82, 2.24) is 4.72 Å². The van der Waals surface area contributed by atoms with Gasteiger partial charge in [0.1, 0.15) is 18.7 Å². The molecule has 0 aliphatic carbocycles. The van der Waals surface area contributed by atoms with Gasteiger partial charge in [0.05, 0.1) is 10.5 Å². The van der Waals surface area contributed by atoms with Gasteiger partial charge in [0.25, 0.3) is 0 Å². The average Bonchev–Trinajstić information content (AvgIpc) is 2.69. The number of halogens is 3. The van der Waals surface area contributed by atoms with Crippen LogP contribution in [0, 0.1) is 6.92 Å². The van der Waals surface area contributed by atoms with Crippen LogP contribution in [0.15, 0.2) is 62.6 Å². The van der Waals surface area contributed by atoms with E-state index in [2.05, 4.69) is 0 Å². The van der Waals surface area contributed by atoms with Gasteiger partial charge in [-0.1, -0.05) is 18.2 Å². The van der Waals surface area contributed by atoms with E-state index in [1.165, 1.54) is 0 Å². The van der Waals surface area contributed by atoms with E-state index in [9.17, 15) is 31.2 Å². The average molecular weight is 455 g/mol.